The zero-order chi connectivity index (χ0) is 27.6. The highest BCUT2D eigenvalue weighted by atomic mass is 16.6. The summed E-state index contributed by atoms with van der Waals surface area (Å²) in [6.07, 6.45) is 16.8. The number of esters is 4. The first-order valence-electron chi connectivity index (χ1n) is 15.2. The number of hydrogen-bond donors (Lipinski definition) is 0. The third-order valence-electron chi connectivity index (χ3n) is 8.63. The van der Waals surface area contributed by atoms with Gasteiger partial charge in [0.1, 0.15) is 5.92 Å². The minimum atomic E-state index is -0.826. The molecule has 3 aliphatic rings. The molecule has 1 aliphatic carbocycles. The lowest BCUT2D eigenvalue weighted by atomic mass is 9.65. The van der Waals surface area contributed by atoms with E-state index in [1.54, 1.807) is 12.1 Å². The summed E-state index contributed by atoms with van der Waals surface area (Å²) in [4.78, 5) is 50.0. The van der Waals surface area contributed by atoms with Crippen molar-refractivity contribution in [1.82, 2.24) is 0 Å². The Balaban J connectivity index is 1.25. The van der Waals surface area contributed by atoms with E-state index in [4.69, 9.17) is 14.2 Å². The van der Waals surface area contributed by atoms with Crippen molar-refractivity contribution in [2.24, 2.45) is 11.8 Å². The number of cyclic esters (lactones) is 4. The van der Waals surface area contributed by atoms with E-state index in [-0.39, 0.29) is 6.42 Å². The zero-order valence-electron chi connectivity index (χ0n) is 23.4. The average Bonchev–Trinajstić information content (AvgIpc) is 3.42. The molecule has 7 heteroatoms. The molecule has 4 rings (SSSR count). The molecule has 5 atom stereocenters. The smallest absolute Gasteiger partial charge is 0.322 e. The van der Waals surface area contributed by atoms with Crippen LogP contribution in [0.4, 0.5) is 0 Å². The van der Waals surface area contributed by atoms with Gasteiger partial charge in [0.05, 0.1) is 24.4 Å². The molecule has 2 aliphatic heterocycles. The lowest BCUT2D eigenvalue weighted by Gasteiger charge is -2.40. The molecule has 0 radical (unpaired) electrons. The van der Waals surface area contributed by atoms with Crippen LogP contribution < -0.4 is 0 Å². The minimum absolute atomic E-state index is 0.0586. The molecule has 0 N–H and O–H groups in total. The van der Waals surface area contributed by atoms with Crippen molar-refractivity contribution < 1.29 is 33.4 Å². The van der Waals surface area contributed by atoms with Gasteiger partial charge in [0.2, 0.25) is 0 Å². The largest absolute Gasteiger partial charge is 0.393 e. The normalized spacial score (nSPS) is 25.9. The van der Waals surface area contributed by atoms with Crippen molar-refractivity contribution in [3.63, 3.8) is 0 Å². The van der Waals surface area contributed by atoms with Crippen molar-refractivity contribution in [3.8, 4) is 0 Å². The molecule has 0 aromatic heterocycles. The van der Waals surface area contributed by atoms with Crippen molar-refractivity contribution in [2.45, 2.75) is 121 Å². The van der Waals surface area contributed by atoms with Gasteiger partial charge in [-0.15, -0.1) is 0 Å². The molecule has 5 unspecified atom stereocenters. The average molecular weight is 541 g/mol. The quantitative estimate of drug-likeness (QED) is 0.126. The molecule has 214 valence electrons. The maximum Gasteiger partial charge on any atom is 0.322 e. The Morgan fingerprint density at radius 1 is 0.667 bits per heavy atom. The second-order valence-corrected chi connectivity index (χ2v) is 11.4. The first-order valence-corrected chi connectivity index (χ1v) is 15.2. The van der Waals surface area contributed by atoms with E-state index in [1.807, 2.05) is 12.1 Å². The van der Waals surface area contributed by atoms with E-state index in [2.05, 4.69) is 6.92 Å². The van der Waals surface area contributed by atoms with Gasteiger partial charge in [-0.3, -0.25) is 19.2 Å². The molecule has 1 aromatic carbocycles. The molecule has 2 fully saturated rings. The fraction of sp³-hybridized carbons (Fsp3) is 0.688. The zero-order valence-corrected chi connectivity index (χ0v) is 23.4. The Kier molecular flexibility index (Phi) is 11.1. The summed E-state index contributed by atoms with van der Waals surface area (Å²) in [6.45, 7) is 2.67. The SMILES string of the molecule is CCCCCCCCCCCCCCCCOC1C2C(=O)OC(=O)C2c2ccccc2C1C1CC(=O)OC1=O. The molecule has 39 heavy (non-hydrogen) atoms. The van der Waals surface area contributed by atoms with Gasteiger partial charge in [0.25, 0.3) is 0 Å². The van der Waals surface area contributed by atoms with Crippen LogP contribution in [0.2, 0.25) is 0 Å². The first kappa shape index (κ1) is 29.4. The number of benzene rings is 1. The van der Waals surface area contributed by atoms with Crippen LogP contribution in [0.5, 0.6) is 0 Å². The highest BCUT2D eigenvalue weighted by molar-refractivity contribution is 6.01. The van der Waals surface area contributed by atoms with Crippen LogP contribution in [-0.4, -0.2) is 36.6 Å². The highest BCUT2D eigenvalue weighted by Gasteiger charge is 2.59. The number of rotatable bonds is 17. The predicted octanol–water partition coefficient (Wildman–Crippen LogP) is 6.52. The first-order chi connectivity index (χ1) is 19.0. The molecule has 0 bridgehead atoms. The van der Waals surface area contributed by atoms with Crippen LogP contribution in [0.3, 0.4) is 0 Å². The van der Waals surface area contributed by atoms with E-state index in [9.17, 15) is 19.2 Å². The summed E-state index contributed by atoms with van der Waals surface area (Å²) < 4.78 is 16.2. The van der Waals surface area contributed by atoms with Gasteiger partial charge in [-0.2, -0.15) is 0 Å². The van der Waals surface area contributed by atoms with Gasteiger partial charge >= 0.3 is 23.9 Å². The molecule has 2 heterocycles. The van der Waals surface area contributed by atoms with Crippen LogP contribution in [0, 0.1) is 11.8 Å². The number of carbonyl (C=O) groups is 4. The molecule has 1 aromatic rings. The van der Waals surface area contributed by atoms with Gasteiger partial charge in [-0.05, 0) is 17.5 Å². The number of unbranched alkanes of at least 4 members (excludes halogenated alkanes) is 13. The van der Waals surface area contributed by atoms with E-state index >= 15 is 0 Å². The second-order valence-electron chi connectivity index (χ2n) is 11.4. The molecular weight excluding hydrogens is 496 g/mol. The number of ether oxygens (including phenoxy) is 3. The van der Waals surface area contributed by atoms with Crippen LogP contribution >= 0.6 is 0 Å². The molecular formula is C32H44O7. The summed E-state index contributed by atoms with van der Waals surface area (Å²) in [7, 11) is 0. The van der Waals surface area contributed by atoms with Gasteiger partial charge < -0.3 is 14.2 Å². The topological polar surface area (TPSA) is 96.0 Å². The maximum atomic E-state index is 12.8. The van der Waals surface area contributed by atoms with Crippen LogP contribution in [0.15, 0.2) is 24.3 Å². The maximum absolute atomic E-state index is 12.8. The van der Waals surface area contributed by atoms with Gasteiger partial charge in [-0.1, -0.05) is 115 Å². The molecule has 2 saturated heterocycles. The number of hydrogen-bond acceptors (Lipinski definition) is 7. The fourth-order valence-electron chi connectivity index (χ4n) is 6.59. The highest BCUT2D eigenvalue weighted by Crippen LogP contribution is 2.52. The standard InChI is InChI=1S/C32H44O7/c1-2-3-4-5-6-7-8-9-10-11-12-13-14-17-20-37-29-26(24-21-25(33)38-30(24)34)22-18-15-16-19-23(22)27-28(29)32(36)39-31(27)35/h15-16,18-19,24,26-29H,2-14,17,20-21H2,1H3. The predicted molar refractivity (Wildman–Crippen MR) is 146 cm³/mol. The number of carbonyl (C=O) groups excluding carboxylic acids is 4. The van der Waals surface area contributed by atoms with Crippen molar-refractivity contribution in [2.75, 3.05) is 6.61 Å². The number of fused-ring (bicyclic) bond motifs is 3. The van der Waals surface area contributed by atoms with Gasteiger partial charge in [0, 0.05) is 12.5 Å². The Morgan fingerprint density at radius 3 is 1.79 bits per heavy atom. The third kappa shape index (κ3) is 7.36. The van der Waals surface area contributed by atoms with Crippen LogP contribution in [-0.2, 0) is 33.4 Å². The second kappa shape index (κ2) is 14.7. The lowest BCUT2D eigenvalue weighted by molar-refractivity contribution is -0.158. The van der Waals surface area contributed by atoms with Gasteiger partial charge in [-0.25, -0.2) is 0 Å². The van der Waals surface area contributed by atoms with Gasteiger partial charge in [0.15, 0.2) is 0 Å². The Hall–Kier alpha value is -2.54. The third-order valence-corrected chi connectivity index (χ3v) is 8.63. The summed E-state index contributed by atoms with van der Waals surface area (Å²) in [5.41, 5.74) is 1.43. The molecule has 0 spiro atoms. The van der Waals surface area contributed by atoms with Crippen molar-refractivity contribution in [1.29, 1.82) is 0 Å². The van der Waals surface area contributed by atoms with E-state index in [0.717, 1.165) is 24.8 Å². The fourth-order valence-corrected chi connectivity index (χ4v) is 6.59. The molecule has 7 nitrogen and oxygen atoms in total. The monoisotopic (exact) mass is 540 g/mol. The van der Waals surface area contributed by atoms with E-state index in [1.165, 1.54) is 70.6 Å². The molecule has 0 amide bonds. The van der Waals surface area contributed by atoms with E-state index < -0.39 is 53.7 Å². The van der Waals surface area contributed by atoms with E-state index in [0.29, 0.717) is 12.2 Å². The Labute approximate surface area is 232 Å². The summed E-state index contributed by atoms with van der Waals surface area (Å²) in [5.74, 6) is -5.23. The van der Waals surface area contributed by atoms with Crippen molar-refractivity contribution >= 4 is 23.9 Å². The Bertz CT molecular complexity index is 1000. The summed E-state index contributed by atoms with van der Waals surface area (Å²) in [6, 6.07) is 7.29. The van der Waals surface area contributed by atoms with Crippen LogP contribution in [0.1, 0.15) is 126 Å². The molecule has 0 saturated carbocycles. The Morgan fingerprint density at radius 2 is 1.23 bits per heavy atom. The lowest BCUT2D eigenvalue weighted by Crippen LogP contribution is -2.44. The minimum Gasteiger partial charge on any atom is -0.393 e. The van der Waals surface area contributed by atoms with Crippen molar-refractivity contribution in [3.05, 3.63) is 35.4 Å². The van der Waals surface area contributed by atoms with Crippen LogP contribution in [0.25, 0.3) is 0 Å². The summed E-state index contributed by atoms with van der Waals surface area (Å²) in [5, 5.41) is 0. The summed E-state index contributed by atoms with van der Waals surface area (Å²) >= 11 is 0.